The number of nitrogens with one attached hydrogen (secondary N) is 1. The van der Waals surface area contributed by atoms with Gasteiger partial charge < -0.3 is 15.0 Å². The highest BCUT2D eigenvalue weighted by Crippen LogP contribution is 2.35. The first kappa shape index (κ1) is 23.8. The van der Waals surface area contributed by atoms with E-state index in [-0.39, 0.29) is 34.6 Å². The Labute approximate surface area is 202 Å². The van der Waals surface area contributed by atoms with Gasteiger partial charge in [0.25, 0.3) is 0 Å². The number of hydrogen-bond acceptors (Lipinski definition) is 5. The fourth-order valence-corrected chi connectivity index (χ4v) is 7.03. The largest absolute Gasteiger partial charge is 0.376 e. The van der Waals surface area contributed by atoms with Crippen molar-refractivity contribution in [1.82, 2.24) is 9.62 Å². The predicted molar refractivity (Wildman–Crippen MR) is 128 cm³/mol. The first-order chi connectivity index (χ1) is 16.4. The molecule has 1 aromatic carbocycles. The van der Waals surface area contributed by atoms with Gasteiger partial charge in [0.05, 0.1) is 11.0 Å². The Kier molecular flexibility index (Phi) is 6.95. The molecule has 4 aliphatic rings. The summed E-state index contributed by atoms with van der Waals surface area (Å²) < 4.78 is 33.8. The van der Waals surface area contributed by atoms with E-state index in [1.807, 2.05) is 11.0 Å². The molecule has 3 fully saturated rings. The number of carbonyl (C=O) groups is 2. The third-order valence-corrected chi connectivity index (χ3v) is 9.78. The van der Waals surface area contributed by atoms with E-state index in [1.165, 1.54) is 4.31 Å². The monoisotopic (exact) mass is 489 g/mol. The maximum atomic E-state index is 13.4. The van der Waals surface area contributed by atoms with Crippen LogP contribution in [0.25, 0.3) is 0 Å². The molecule has 1 saturated carbocycles. The van der Waals surface area contributed by atoms with Gasteiger partial charge in [-0.15, -0.1) is 0 Å². The Morgan fingerprint density at radius 3 is 2.44 bits per heavy atom. The standard InChI is InChI=1S/C25H35N3O5S/c29-24(26-17-21-7-3-15-33-21)18-10-13-27(14-11-18)34(31,32)22-8-9-23-20(16-22)6-2-12-28(23)25(30)19-4-1-5-19/h8-9,16,18-19,21H,1-7,10-15,17H2,(H,26,29)/t21-/m1/s1. The highest BCUT2D eigenvalue weighted by atomic mass is 32.2. The molecule has 0 aromatic heterocycles. The topological polar surface area (TPSA) is 96.0 Å². The Morgan fingerprint density at radius 2 is 1.76 bits per heavy atom. The Morgan fingerprint density at radius 1 is 0.971 bits per heavy atom. The van der Waals surface area contributed by atoms with Crippen molar-refractivity contribution in [3.8, 4) is 0 Å². The van der Waals surface area contributed by atoms with Gasteiger partial charge in [-0.3, -0.25) is 9.59 Å². The average molecular weight is 490 g/mol. The number of rotatable bonds is 6. The minimum absolute atomic E-state index is 0.00227. The van der Waals surface area contributed by atoms with E-state index in [1.54, 1.807) is 12.1 Å². The van der Waals surface area contributed by atoms with Crippen LogP contribution in [0.4, 0.5) is 5.69 Å². The summed E-state index contributed by atoms with van der Waals surface area (Å²) in [5.41, 5.74) is 1.80. The first-order valence-electron chi connectivity index (χ1n) is 12.8. The molecule has 1 atom stereocenters. The second-order valence-electron chi connectivity index (χ2n) is 10.1. The zero-order valence-corrected chi connectivity index (χ0v) is 20.5. The lowest BCUT2D eigenvalue weighted by molar-refractivity contribution is -0.126. The van der Waals surface area contributed by atoms with E-state index >= 15 is 0 Å². The van der Waals surface area contributed by atoms with Gasteiger partial charge in [-0.1, -0.05) is 6.42 Å². The highest BCUT2D eigenvalue weighted by molar-refractivity contribution is 7.89. The van der Waals surface area contributed by atoms with Crippen LogP contribution in [0.15, 0.2) is 23.1 Å². The number of anilines is 1. The molecule has 0 radical (unpaired) electrons. The van der Waals surface area contributed by atoms with Crippen LogP contribution >= 0.6 is 0 Å². The van der Waals surface area contributed by atoms with Crippen LogP contribution in [-0.2, 0) is 30.8 Å². The van der Waals surface area contributed by atoms with Crippen LogP contribution in [0.5, 0.6) is 0 Å². The quantitative estimate of drug-likeness (QED) is 0.662. The molecule has 0 spiro atoms. The van der Waals surface area contributed by atoms with Gasteiger partial charge in [0.1, 0.15) is 0 Å². The van der Waals surface area contributed by atoms with Crippen LogP contribution in [0, 0.1) is 11.8 Å². The summed E-state index contributed by atoms with van der Waals surface area (Å²) >= 11 is 0. The molecule has 8 nitrogen and oxygen atoms in total. The molecule has 0 bridgehead atoms. The molecule has 2 amide bonds. The second kappa shape index (κ2) is 9.95. The second-order valence-corrected chi connectivity index (χ2v) is 12.0. The first-order valence-corrected chi connectivity index (χ1v) is 14.2. The molecule has 3 heterocycles. The van der Waals surface area contributed by atoms with Crippen molar-refractivity contribution < 1.29 is 22.7 Å². The van der Waals surface area contributed by atoms with Crippen molar-refractivity contribution >= 4 is 27.5 Å². The number of ether oxygens (including phenoxy) is 1. The molecule has 3 aliphatic heterocycles. The molecule has 34 heavy (non-hydrogen) atoms. The molecule has 2 saturated heterocycles. The van der Waals surface area contributed by atoms with Gasteiger partial charge in [0.2, 0.25) is 21.8 Å². The van der Waals surface area contributed by atoms with Crippen molar-refractivity contribution in [3.05, 3.63) is 23.8 Å². The minimum Gasteiger partial charge on any atom is -0.376 e. The Bertz CT molecular complexity index is 1020. The summed E-state index contributed by atoms with van der Waals surface area (Å²) in [6.45, 7) is 2.67. The fraction of sp³-hybridized carbons (Fsp3) is 0.680. The van der Waals surface area contributed by atoms with E-state index in [2.05, 4.69) is 5.32 Å². The smallest absolute Gasteiger partial charge is 0.243 e. The van der Waals surface area contributed by atoms with Crippen LogP contribution in [0.2, 0.25) is 0 Å². The Hall–Kier alpha value is -1.97. The zero-order valence-electron chi connectivity index (χ0n) is 19.7. The van der Waals surface area contributed by atoms with Crippen molar-refractivity contribution in [2.24, 2.45) is 11.8 Å². The summed E-state index contributed by atoms with van der Waals surface area (Å²) in [6, 6.07) is 5.20. The molecular formula is C25H35N3O5S. The van der Waals surface area contributed by atoms with Crippen molar-refractivity contribution in [3.63, 3.8) is 0 Å². The molecular weight excluding hydrogens is 454 g/mol. The van der Waals surface area contributed by atoms with E-state index in [0.29, 0.717) is 39.0 Å². The predicted octanol–water partition coefficient (Wildman–Crippen LogP) is 2.46. The SMILES string of the molecule is O=C(NC[C@H]1CCCO1)C1CCN(S(=O)(=O)c2ccc3c(c2)CCCN3C(=O)C2CCC2)CC1. The lowest BCUT2D eigenvalue weighted by Crippen LogP contribution is -2.44. The summed E-state index contributed by atoms with van der Waals surface area (Å²) in [5.74, 6) is 0.140. The number of aryl methyl sites for hydroxylation is 1. The summed E-state index contributed by atoms with van der Waals surface area (Å²) in [6.07, 6.45) is 7.81. The number of carbonyl (C=O) groups excluding carboxylic acids is 2. The number of sulfonamides is 1. The number of nitrogens with zero attached hydrogens (tertiary/aromatic N) is 2. The maximum Gasteiger partial charge on any atom is 0.243 e. The third kappa shape index (κ3) is 4.75. The van der Waals surface area contributed by atoms with Crippen LogP contribution < -0.4 is 10.2 Å². The van der Waals surface area contributed by atoms with Gasteiger partial charge in [-0.25, -0.2) is 8.42 Å². The molecule has 5 rings (SSSR count). The van der Waals surface area contributed by atoms with Gasteiger partial charge in [-0.05, 0) is 75.1 Å². The van der Waals surface area contributed by atoms with E-state index in [0.717, 1.165) is 62.8 Å². The fourth-order valence-electron chi connectivity index (χ4n) is 5.51. The zero-order chi connectivity index (χ0) is 23.7. The van der Waals surface area contributed by atoms with E-state index in [9.17, 15) is 18.0 Å². The minimum atomic E-state index is -3.64. The number of fused-ring (bicyclic) bond motifs is 1. The molecule has 186 valence electrons. The lowest BCUT2D eigenvalue weighted by Gasteiger charge is -2.35. The van der Waals surface area contributed by atoms with Crippen LogP contribution in [0.1, 0.15) is 56.9 Å². The number of hydrogen-bond donors (Lipinski definition) is 1. The summed E-state index contributed by atoms with van der Waals surface area (Å²) in [5, 5.41) is 2.98. The molecule has 9 heteroatoms. The third-order valence-electron chi connectivity index (χ3n) is 7.88. The molecule has 1 aliphatic carbocycles. The van der Waals surface area contributed by atoms with E-state index in [4.69, 9.17) is 4.74 Å². The van der Waals surface area contributed by atoms with Crippen molar-refractivity contribution in [2.75, 3.05) is 37.7 Å². The van der Waals surface area contributed by atoms with Gasteiger partial charge in [0, 0.05) is 50.3 Å². The Balaban J connectivity index is 1.21. The number of piperidine rings is 1. The number of benzene rings is 1. The molecule has 1 aromatic rings. The van der Waals surface area contributed by atoms with Gasteiger partial charge in [0.15, 0.2) is 0 Å². The molecule has 1 N–H and O–H groups in total. The van der Waals surface area contributed by atoms with Gasteiger partial charge >= 0.3 is 0 Å². The lowest BCUT2D eigenvalue weighted by atomic mass is 9.83. The molecule has 0 unspecified atom stereocenters. The maximum absolute atomic E-state index is 13.4. The van der Waals surface area contributed by atoms with Crippen LogP contribution in [-0.4, -0.2) is 63.4 Å². The van der Waals surface area contributed by atoms with Gasteiger partial charge in [-0.2, -0.15) is 4.31 Å². The normalized spacial score (nSPS) is 24.5. The highest BCUT2D eigenvalue weighted by Gasteiger charge is 2.35. The summed E-state index contributed by atoms with van der Waals surface area (Å²) in [4.78, 5) is 27.5. The average Bonchev–Trinajstić information content (AvgIpc) is 3.34. The number of amides is 2. The van der Waals surface area contributed by atoms with E-state index < -0.39 is 10.0 Å². The summed E-state index contributed by atoms with van der Waals surface area (Å²) in [7, 11) is -3.64. The van der Waals surface area contributed by atoms with Crippen molar-refractivity contribution in [2.45, 2.75) is 68.8 Å². The van der Waals surface area contributed by atoms with Crippen LogP contribution in [0.3, 0.4) is 0 Å². The van der Waals surface area contributed by atoms with Crippen molar-refractivity contribution in [1.29, 1.82) is 0 Å².